The summed E-state index contributed by atoms with van der Waals surface area (Å²) in [4.78, 5) is 20.7. The van der Waals surface area contributed by atoms with E-state index in [2.05, 4.69) is 26.7 Å². The molecule has 0 saturated carbocycles. The number of pyridine rings is 1. The second kappa shape index (κ2) is 8.03. The van der Waals surface area contributed by atoms with Crippen LogP contribution in [0.5, 0.6) is 11.5 Å². The second-order valence-corrected chi connectivity index (χ2v) is 7.96. The lowest BCUT2D eigenvalue weighted by atomic mass is 9.92. The minimum absolute atomic E-state index is 0.0738. The maximum Gasteiger partial charge on any atom is 0.255 e. The summed E-state index contributed by atoms with van der Waals surface area (Å²) in [5.74, 6) is 0.0587. The number of carbonyl (C=O) groups is 1. The largest absolute Gasteiger partial charge is 0.492 e. The van der Waals surface area contributed by atoms with Crippen molar-refractivity contribution in [3.8, 4) is 22.8 Å². The lowest BCUT2D eigenvalue weighted by Crippen LogP contribution is -2.35. The van der Waals surface area contributed by atoms with Crippen LogP contribution in [0, 0.1) is 5.82 Å². The number of rotatable bonds is 3. The number of anilines is 2. The van der Waals surface area contributed by atoms with Crippen molar-refractivity contribution < 1.29 is 18.7 Å². The molecule has 1 amide bonds. The summed E-state index contributed by atoms with van der Waals surface area (Å²) in [7, 11) is 1.41. The maximum absolute atomic E-state index is 14.4. The Morgan fingerprint density at radius 1 is 1.31 bits per heavy atom. The van der Waals surface area contributed by atoms with Crippen molar-refractivity contribution >= 4 is 17.3 Å². The van der Waals surface area contributed by atoms with Gasteiger partial charge in [-0.2, -0.15) is 0 Å². The first kappa shape index (κ1) is 20.1. The van der Waals surface area contributed by atoms with Gasteiger partial charge < -0.3 is 25.1 Å². The fourth-order valence-electron chi connectivity index (χ4n) is 4.24. The Kier molecular flexibility index (Phi) is 5.05. The molecular formula is C24H23FN4O3. The number of benzene rings is 1. The molecule has 2 aliphatic heterocycles. The summed E-state index contributed by atoms with van der Waals surface area (Å²) in [6, 6.07) is 6.47. The highest BCUT2D eigenvalue weighted by Crippen LogP contribution is 2.44. The summed E-state index contributed by atoms with van der Waals surface area (Å²) in [6.45, 7) is 3.00. The van der Waals surface area contributed by atoms with Gasteiger partial charge in [0.05, 0.1) is 35.9 Å². The number of nitrogens with zero attached hydrogens (tertiary/aromatic N) is 1. The molecule has 0 aliphatic carbocycles. The van der Waals surface area contributed by atoms with E-state index in [1.165, 1.54) is 13.2 Å². The maximum atomic E-state index is 14.4. The van der Waals surface area contributed by atoms with Gasteiger partial charge in [-0.15, -0.1) is 0 Å². The van der Waals surface area contributed by atoms with E-state index in [9.17, 15) is 9.18 Å². The molecule has 3 aromatic rings. The van der Waals surface area contributed by atoms with Crippen molar-refractivity contribution in [1.82, 2.24) is 15.3 Å². The number of ether oxygens (including phenoxy) is 2. The van der Waals surface area contributed by atoms with Crippen molar-refractivity contribution in [3.05, 3.63) is 65.4 Å². The SMILES string of the molecule is COc1c(F)cccc1Nc1c2[nH]c3c1C(=O)NC[C@@H]3C/C=C(/C)COc1cnccc1-2. The lowest BCUT2D eigenvalue weighted by molar-refractivity contribution is 0.0941. The van der Waals surface area contributed by atoms with E-state index in [1.54, 1.807) is 24.5 Å². The molecule has 0 unspecified atom stereocenters. The fraction of sp³-hybridized carbons (Fsp3) is 0.250. The Bertz CT molecular complexity index is 1230. The number of hydrogen-bond acceptors (Lipinski definition) is 5. The van der Waals surface area contributed by atoms with Crippen molar-refractivity contribution in [2.45, 2.75) is 19.3 Å². The number of amides is 1. The van der Waals surface area contributed by atoms with Crippen LogP contribution in [0.2, 0.25) is 0 Å². The quantitative estimate of drug-likeness (QED) is 0.528. The Balaban J connectivity index is 1.75. The molecule has 7 nitrogen and oxygen atoms in total. The number of aromatic nitrogens is 2. The molecule has 2 aromatic heterocycles. The first-order valence-corrected chi connectivity index (χ1v) is 10.4. The highest BCUT2D eigenvalue weighted by molar-refractivity contribution is 6.07. The second-order valence-electron chi connectivity index (χ2n) is 7.96. The van der Waals surface area contributed by atoms with E-state index in [1.807, 2.05) is 13.0 Å². The van der Waals surface area contributed by atoms with Gasteiger partial charge in [-0.05, 0) is 37.1 Å². The van der Waals surface area contributed by atoms with Gasteiger partial charge in [-0.1, -0.05) is 12.1 Å². The third-order valence-electron chi connectivity index (χ3n) is 5.86. The molecule has 5 rings (SSSR count). The number of H-pyrrole nitrogens is 1. The molecule has 0 fully saturated rings. The van der Waals surface area contributed by atoms with Crippen molar-refractivity contribution in [2.75, 3.05) is 25.6 Å². The fourth-order valence-corrected chi connectivity index (χ4v) is 4.24. The van der Waals surface area contributed by atoms with E-state index in [-0.39, 0.29) is 17.6 Å². The molecule has 164 valence electrons. The van der Waals surface area contributed by atoms with Crippen LogP contribution in [0.3, 0.4) is 0 Å². The van der Waals surface area contributed by atoms with E-state index in [0.29, 0.717) is 41.5 Å². The van der Waals surface area contributed by atoms with Gasteiger partial charge in [0.1, 0.15) is 12.4 Å². The number of aromatic amines is 1. The first-order chi connectivity index (χ1) is 15.6. The summed E-state index contributed by atoms with van der Waals surface area (Å²) in [6.07, 6.45) is 6.22. The van der Waals surface area contributed by atoms with Crippen molar-refractivity contribution in [2.24, 2.45) is 0 Å². The van der Waals surface area contributed by atoms with E-state index >= 15 is 0 Å². The zero-order chi connectivity index (χ0) is 22.2. The van der Waals surface area contributed by atoms with Gasteiger partial charge in [0.2, 0.25) is 0 Å². The number of carbonyl (C=O) groups excluding carboxylic acids is 1. The summed E-state index contributed by atoms with van der Waals surface area (Å²) in [5.41, 5.74) is 4.86. The van der Waals surface area contributed by atoms with Gasteiger partial charge in [0, 0.05) is 29.9 Å². The van der Waals surface area contributed by atoms with Crippen LogP contribution in [0.4, 0.5) is 15.8 Å². The zero-order valence-corrected chi connectivity index (χ0v) is 17.8. The molecule has 0 radical (unpaired) electrons. The Morgan fingerprint density at radius 3 is 3.03 bits per heavy atom. The van der Waals surface area contributed by atoms with Gasteiger partial charge in [-0.25, -0.2) is 4.39 Å². The van der Waals surface area contributed by atoms with Gasteiger partial charge in [0.25, 0.3) is 5.91 Å². The van der Waals surface area contributed by atoms with E-state index in [4.69, 9.17) is 9.47 Å². The molecule has 8 heteroatoms. The van der Waals surface area contributed by atoms with Crippen LogP contribution in [0.25, 0.3) is 11.3 Å². The number of fused-ring (bicyclic) bond motifs is 3. The van der Waals surface area contributed by atoms with Crippen molar-refractivity contribution in [3.63, 3.8) is 0 Å². The normalized spacial score (nSPS) is 18.9. The summed E-state index contributed by atoms with van der Waals surface area (Å²) in [5, 5.41) is 6.26. The lowest BCUT2D eigenvalue weighted by Gasteiger charge is -2.23. The van der Waals surface area contributed by atoms with Gasteiger partial charge >= 0.3 is 0 Å². The molecule has 4 heterocycles. The summed E-state index contributed by atoms with van der Waals surface area (Å²) >= 11 is 0. The number of allylic oxidation sites excluding steroid dienone is 1. The summed E-state index contributed by atoms with van der Waals surface area (Å²) < 4.78 is 25.7. The third kappa shape index (κ3) is 3.37. The number of para-hydroxylation sites is 1. The molecule has 0 saturated heterocycles. The van der Waals surface area contributed by atoms with Gasteiger partial charge in [-0.3, -0.25) is 9.78 Å². The molecule has 32 heavy (non-hydrogen) atoms. The van der Waals surface area contributed by atoms with Crippen LogP contribution in [-0.2, 0) is 0 Å². The highest BCUT2D eigenvalue weighted by Gasteiger charge is 2.33. The Labute approximate surface area is 184 Å². The molecule has 2 bridgehead atoms. The standard InChI is InChI=1S/C24H23FN4O3/c1-13-6-7-14-10-27-24(30)19-20(14)29-21(15-8-9-26-11-18(15)32-12-13)22(19)28-17-5-3-4-16(25)23(17)31-2/h3-6,8-9,11,14,28-29H,7,10,12H2,1-2H3,(H,27,30)/b13-6-/t14-/m0/s1. The molecule has 1 aromatic carbocycles. The highest BCUT2D eigenvalue weighted by atomic mass is 19.1. The molecule has 3 N–H and O–H groups in total. The zero-order valence-electron chi connectivity index (χ0n) is 17.8. The van der Waals surface area contributed by atoms with Crippen LogP contribution in [-0.4, -0.2) is 36.1 Å². The molecule has 2 aliphatic rings. The predicted molar refractivity (Wildman–Crippen MR) is 119 cm³/mol. The predicted octanol–water partition coefficient (Wildman–Crippen LogP) is 4.52. The monoisotopic (exact) mass is 434 g/mol. The van der Waals surface area contributed by atoms with Crippen molar-refractivity contribution in [1.29, 1.82) is 0 Å². The smallest absolute Gasteiger partial charge is 0.255 e. The first-order valence-electron chi connectivity index (χ1n) is 10.4. The van der Waals surface area contributed by atoms with Crippen LogP contribution in [0.15, 0.2) is 48.3 Å². The minimum Gasteiger partial charge on any atom is -0.492 e. The molecule has 0 spiro atoms. The van der Waals surface area contributed by atoms with Crippen LogP contribution in [0.1, 0.15) is 35.3 Å². The number of hydrogen-bond donors (Lipinski definition) is 3. The number of halogens is 1. The third-order valence-corrected chi connectivity index (χ3v) is 5.86. The topological polar surface area (TPSA) is 88.3 Å². The minimum atomic E-state index is -0.492. The van der Waals surface area contributed by atoms with Crippen LogP contribution >= 0.6 is 0 Å². The Hall–Kier alpha value is -3.81. The average molecular weight is 434 g/mol. The van der Waals surface area contributed by atoms with Crippen LogP contribution < -0.4 is 20.1 Å². The molecular weight excluding hydrogens is 411 g/mol. The molecule has 1 atom stereocenters. The van der Waals surface area contributed by atoms with E-state index < -0.39 is 5.82 Å². The number of nitrogens with one attached hydrogen (secondary N) is 3. The number of methoxy groups -OCH3 is 1. The average Bonchev–Trinajstić information content (AvgIpc) is 3.16. The Morgan fingerprint density at radius 2 is 2.19 bits per heavy atom. The van der Waals surface area contributed by atoms with E-state index in [0.717, 1.165) is 23.3 Å². The van der Waals surface area contributed by atoms with Gasteiger partial charge in [0.15, 0.2) is 11.6 Å².